The maximum atomic E-state index is 10.8. The summed E-state index contributed by atoms with van der Waals surface area (Å²) < 4.78 is 0. The normalized spacial score (nSPS) is 10.9. The van der Waals surface area contributed by atoms with Crippen molar-refractivity contribution in [1.29, 1.82) is 0 Å². The lowest BCUT2D eigenvalue weighted by Gasteiger charge is -2.13. The lowest BCUT2D eigenvalue weighted by Crippen LogP contribution is -1.98. The first kappa shape index (κ1) is 26.1. The predicted molar refractivity (Wildman–Crippen MR) is 174 cm³/mol. The Morgan fingerprint density at radius 1 is 0.279 bits per heavy atom. The summed E-state index contributed by atoms with van der Waals surface area (Å²) in [5.41, 5.74) is 10.1. The highest BCUT2D eigenvalue weighted by Crippen LogP contribution is 2.35. The second-order valence-electron chi connectivity index (χ2n) is 10.3. The molecule has 0 amide bonds. The molecular formula is C39H27N3O. The van der Waals surface area contributed by atoms with Crippen LogP contribution in [0.25, 0.3) is 67.3 Å². The molecule has 0 saturated carbocycles. The monoisotopic (exact) mass is 553 g/mol. The Balaban J connectivity index is 1.40. The Kier molecular flexibility index (Phi) is 7.00. The van der Waals surface area contributed by atoms with Crippen molar-refractivity contribution < 1.29 is 5.11 Å². The Labute approximate surface area is 250 Å². The van der Waals surface area contributed by atoms with Crippen molar-refractivity contribution in [2.45, 2.75) is 0 Å². The molecule has 0 aliphatic rings. The SMILES string of the molecule is Oc1nc(-c2cc(-c3ccccc3)cc(-c3ccccc3)c2)nc(-c2cc(-c3ccccc3)cc(-c3ccccc3)c2)n1. The van der Waals surface area contributed by atoms with Crippen LogP contribution in [0.15, 0.2) is 158 Å². The number of aromatic nitrogens is 3. The van der Waals surface area contributed by atoms with Crippen molar-refractivity contribution in [1.82, 2.24) is 15.0 Å². The quantitative estimate of drug-likeness (QED) is 0.223. The largest absolute Gasteiger partial charge is 0.479 e. The molecule has 1 heterocycles. The average molecular weight is 554 g/mol. The molecule has 0 radical (unpaired) electrons. The van der Waals surface area contributed by atoms with Gasteiger partial charge < -0.3 is 5.11 Å². The number of nitrogens with zero attached hydrogens (tertiary/aromatic N) is 3. The summed E-state index contributed by atoms with van der Waals surface area (Å²) in [6.07, 6.45) is 0. The first-order valence-corrected chi connectivity index (χ1v) is 14.2. The van der Waals surface area contributed by atoms with Gasteiger partial charge >= 0.3 is 6.01 Å². The Morgan fingerprint density at radius 3 is 0.814 bits per heavy atom. The summed E-state index contributed by atoms with van der Waals surface area (Å²) in [4.78, 5) is 13.7. The number of aromatic hydroxyl groups is 1. The van der Waals surface area contributed by atoms with E-state index in [1.807, 2.05) is 72.8 Å². The molecule has 204 valence electrons. The molecule has 0 fully saturated rings. The third-order valence-corrected chi connectivity index (χ3v) is 7.43. The summed E-state index contributed by atoms with van der Waals surface area (Å²) >= 11 is 0. The van der Waals surface area contributed by atoms with Gasteiger partial charge in [-0.3, -0.25) is 0 Å². The molecule has 0 spiro atoms. The molecular weight excluding hydrogens is 526 g/mol. The van der Waals surface area contributed by atoms with Gasteiger partial charge in [0.1, 0.15) is 0 Å². The van der Waals surface area contributed by atoms with Crippen LogP contribution in [0.5, 0.6) is 6.01 Å². The summed E-state index contributed by atoms with van der Waals surface area (Å²) in [7, 11) is 0. The summed E-state index contributed by atoms with van der Waals surface area (Å²) in [5, 5.41) is 10.8. The van der Waals surface area contributed by atoms with E-state index in [0.29, 0.717) is 11.6 Å². The van der Waals surface area contributed by atoms with Crippen molar-refractivity contribution in [3.8, 4) is 73.3 Å². The number of hydrogen-bond acceptors (Lipinski definition) is 4. The minimum absolute atomic E-state index is 0.322. The van der Waals surface area contributed by atoms with Gasteiger partial charge in [0.15, 0.2) is 11.6 Å². The molecule has 0 aliphatic heterocycles. The molecule has 1 N–H and O–H groups in total. The second kappa shape index (κ2) is 11.6. The van der Waals surface area contributed by atoms with Crippen LogP contribution in [0.3, 0.4) is 0 Å². The van der Waals surface area contributed by atoms with Crippen LogP contribution in [0.2, 0.25) is 0 Å². The molecule has 43 heavy (non-hydrogen) atoms. The zero-order valence-electron chi connectivity index (χ0n) is 23.3. The van der Waals surface area contributed by atoms with Crippen LogP contribution in [-0.2, 0) is 0 Å². The smallest absolute Gasteiger partial charge is 0.318 e. The van der Waals surface area contributed by atoms with E-state index in [9.17, 15) is 5.11 Å². The third-order valence-electron chi connectivity index (χ3n) is 7.43. The van der Waals surface area contributed by atoms with E-state index in [4.69, 9.17) is 4.98 Å². The van der Waals surface area contributed by atoms with E-state index >= 15 is 0 Å². The van der Waals surface area contributed by atoms with Crippen molar-refractivity contribution in [3.05, 3.63) is 158 Å². The van der Waals surface area contributed by atoms with E-state index in [1.54, 1.807) is 0 Å². The highest BCUT2D eigenvalue weighted by molar-refractivity contribution is 5.82. The van der Waals surface area contributed by atoms with Gasteiger partial charge in [-0.1, -0.05) is 121 Å². The molecule has 4 heteroatoms. The van der Waals surface area contributed by atoms with Gasteiger partial charge in [-0.2, -0.15) is 9.97 Å². The minimum atomic E-state index is -0.322. The van der Waals surface area contributed by atoms with Gasteiger partial charge in [0.05, 0.1) is 0 Å². The summed E-state index contributed by atoms with van der Waals surface area (Å²) in [5.74, 6) is 0.813. The van der Waals surface area contributed by atoms with Crippen LogP contribution in [0.4, 0.5) is 0 Å². The fourth-order valence-corrected chi connectivity index (χ4v) is 5.33. The lowest BCUT2D eigenvalue weighted by molar-refractivity contribution is 0.430. The molecule has 0 unspecified atom stereocenters. The number of rotatable bonds is 6. The van der Waals surface area contributed by atoms with Crippen LogP contribution < -0.4 is 0 Å². The minimum Gasteiger partial charge on any atom is -0.479 e. The summed E-state index contributed by atoms with van der Waals surface area (Å²) in [6.45, 7) is 0. The number of hydrogen-bond donors (Lipinski definition) is 1. The highest BCUT2D eigenvalue weighted by atomic mass is 16.3. The molecule has 7 aromatic rings. The van der Waals surface area contributed by atoms with E-state index in [2.05, 4.69) is 94.9 Å². The Morgan fingerprint density at radius 2 is 0.535 bits per heavy atom. The van der Waals surface area contributed by atoms with Crippen molar-refractivity contribution >= 4 is 0 Å². The Bertz CT molecular complexity index is 1750. The van der Waals surface area contributed by atoms with Gasteiger partial charge in [-0.05, 0) is 80.9 Å². The maximum absolute atomic E-state index is 10.8. The molecule has 0 atom stereocenters. The zero-order valence-corrected chi connectivity index (χ0v) is 23.3. The van der Waals surface area contributed by atoms with Crippen molar-refractivity contribution in [3.63, 3.8) is 0 Å². The zero-order chi connectivity index (χ0) is 29.0. The second-order valence-corrected chi connectivity index (χ2v) is 10.3. The molecule has 6 aromatic carbocycles. The van der Waals surface area contributed by atoms with E-state index in [1.165, 1.54) is 0 Å². The summed E-state index contributed by atoms with van der Waals surface area (Å²) in [6, 6.07) is 53.3. The average Bonchev–Trinajstić information content (AvgIpc) is 3.09. The van der Waals surface area contributed by atoms with E-state index < -0.39 is 0 Å². The fourth-order valence-electron chi connectivity index (χ4n) is 5.33. The van der Waals surface area contributed by atoms with Gasteiger partial charge in [0.2, 0.25) is 0 Å². The van der Waals surface area contributed by atoms with Crippen LogP contribution in [0, 0.1) is 0 Å². The first-order valence-electron chi connectivity index (χ1n) is 14.2. The molecule has 0 bridgehead atoms. The predicted octanol–water partition coefficient (Wildman–Crippen LogP) is 9.58. The van der Waals surface area contributed by atoms with Gasteiger partial charge in [0.25, 0.3) is 0 Å². The lowest BCUT2D eigenvalue weighted by atomic mass is 9.95. The maximum Gasteiger partial charge on any atom is 0.318 e. The van der Waals surface area contributed by atoms with Crippen molar-refractivity contribution in [2.24, 2.45) is 0 Å². The first-order chi connectivity index (χ1) is 21.2. The fraction of sp³-hybridized carbons (Fsp3) is 0. The number of benzene rings is 6. The van der Waals surface area contributed by atoms with Crippen LogP contribution in [0.1, 0.15) is 0 Å². The van der Waals surface area contributed by atoms with Gasteiger partial charge in [0, 0.05) is 11.1 Å². The molecule has 0 aliphatic carbocycles. The molecule has 1 aromatic heterocycles. The Hall–Kier alpha value is -5.87. The van der Waals surface area contributed by atoms with Crippen molar-refractivity contribution in [2.75, 3.05) is 0 Å². The van der Waals surface area contributed by atoms with Gasteiger partial charge in [-0.15, -0.1) is 0 Å². The van der Waals surface area contributed by atoms with E-state index in [-0.39, 0.29) is 6.01 Å². The molecule has 0 saturated heterocycles. The molecule has 4 nitrogen and oxygen atoms in total. The van der Waals surface area contributed by atoms with Crippen LogP contribution in [-0.4, -0.2) is 20.1 Å². The van der Waals surface area contributed by atoms with Gasteiger partial charge in [-0.25, -0.2) is 4.98 Å². The third kappa shape index (κ3) is 5.67. The highest BCUT2D eigenvalue weighted by Gasteiger charge is 2.15. The van der Waals surface area contributed by atoms with Crippen LogP contribution >= 0.6 is 0 Å². The standard InChI is InChI=1S/C39H27N3O/c43-39-41-37(35-23-31(27-13-5-1-6-14-27)21-32(24-35)28-15-7-2-8-16-28)40-38(42-39)36-25-33(29-17-9-3-10-18-29)22-34(26-36)30-19-11-4-12-20-30/h1-26H,(H,40,41,42,43). The topological polar surface area (TPSA) is 58.9 Å². The molecule has 7 rings (SSSR count). The van der Waals surface area contributed by atoms with E-state index in [0.717, 1.165) is 55.6 Å².